The van der Waals surface area contributed by atoms with Crippen LogP contribution in [-0.4, -0.2) is 41.0 Å². The Morgan fingerprint density at radius 3 is 3.06 bits per heavy atom. The van der Waals surface area contributed by atoms with Gasteiger partial charge in [-0.1, -0.05) is 13.3 Å². The van der Waals surface area contributed by atoms with E-state index in [2.05, 4.69) is 40.2 Å². The van der Waals surface area contributed by atoms with Crippen molar-refractivity contribution in [1.29, 1.82) is 0 Å². The van der Waals surface area contributed by atoms with E-state index in [1.54, 1.807) is 6.33 Å². The lowest BCUT2D eigenvalue weighted by atomic mass is 10.2. The van der Waals surface area contributed by atoms with E-state index in [-0.39, 0.29) is 0 Å². The van der Waals surface area contributed by atoms with Gasteiger partial charge in [0.15, 0.2) is 0 Å². The van der Waals surface area contributed by atoms with Gasteiger partial charge in [0.2, 0.25) is 0 Å². The van der Waals surface area contributed by atoms with Gasteiger partial charge >= 0.3 is 0 Å². The first-order valence-electron chi connectivity index (χ1n) is 6.04. The molecule has 1 N–H and O–H groups in total. The predicted molar refractivity (Wildman–Crippen MR) is 65.6 cm³/mol. The zero-order chi connectivity index (χ0) is 11.4. The van der Waals surface area contributed by atoms with Crippen LogP contribution in [0, 0.1) is 0 Å². The van der Waals surface area contributed by atoms with Gasteiger partial charge in [0.05, 0.1) is 0 Å². The lowest BCUT2D eigenvalue weighted by Crippen LogP contribution is -2.24. The second-order valence-electron chi connectivity index (χ2n) is 4.54. The topological polar surface area (TPSA) is 41.0 Å². The molecule has 0 amide bonds. The van der Waals surface area contributed by atoms with Crippen LogP contribution in [0.4, 0.5) is 5.82 Å². The Bertz CT molecular complexity index is 340. The minimum atomic E-state index is 0.536. The van der Waals surface area contributed by atoms with Crippen molar-refractivity contribution in [3.05, 3.63) is 18.1 Å². The first kappa shape index (κ1) is 11.3. The highest BCUT2D eigenvalue weighted by atomic mass is 15.2. The molecular formula is C12H20N4. The van der Waals surface area contributed by atoms with Crippen molar-refractivity contribution in [2.45, 2.75) is 32.2 Å². The van der Waals surface area contributed by atoms with E-state index >= 15 is 0 Å². The second kappa shape index (κ2) is 5.25. The van der Waals surface area contributed by atoms with Crippen molar-refractivity contribution in [2.75, 3.05) is 25.5 Å². The van der Waals surface area contributed by atoms with Gasteiger partial charge < -0.3 is 10.2 Å². The molecule has 1 atom stereocenters. The summed E-state index contributed by atoms with van der Waals surface area (Å²) in [6.45, 7) is 4.44. The van der Waals surface area contributed by atoms with Gasteiger partial charge in [0.25, 0.3) is 0 Å². The van der Waals surface area contributed by atoms with Crippen LogP contribution in [0.15, 0.2) is 12.4 Å². The minimum Gasteiger partial charge on any atom is -0.366 e. The van der Waals surface area contributed by atoms with Crippen LogP contribution in [0.1, 0.15) is 25.5 Å². The first-order valence-corrected chi connectivity index (χ1v) is 6.04. The molecule has 1 aromatic heterocycles. The number of likely N-dealkylation sites (N-methyl/N-ethyl adjacent to an activating group) is 1. The van der Waals surface area contributed by atoms with Crippen LogP contribution >= 0.6 is 0 Å². The van der Waals surface area contributed by atoms with E-state index in [4.69, 9.17) is 0 Å². The lowest BCUT2D eigenvalue weighted by Gasteiger charge is -2.13. The van der Waals surface area contributed by atoms with Gasteiger partial charge in [-0.2, -0.15) is 0 Å². The molecule has 0 aromatic carbocycles. The molecule has 1 saturated heterocycles. The summed E-state index contributed by atoms with van der Waals surface area (Å²) >= 11 is 0. The molecule has 1 aromatic rings. The summed E-state index contributed by atoms with van der Waals surface area (Å²) in [4.78, 5) is 10.9. The fraction of sp³-hybridized carbons (Fsp3) is 0.667. The van der Waals surface area contributed by atoms with E-state index in [1.807, 2.05) is 0 Å². The normalized spacial score (nSPS) is 21.2. The molecule has 0 spiro atoms. The number of aromatic nitrogens is 2. The summed E-state index contributed by atoms with van der Waals surface area (Å²) in [5, 5.41) is 3.48. The Hall–Kier alpha value is -1.16. The maximum absolute atomic E-state index is 4.27. The average molecular weight is 220 g/mol. The summed E-state index contributed by atoms with van der Waals surface area (Å²) < 4.78 is 0. The van der Waals surface area contributed by atoms with Gasteiger partial charge in [-0.05, 0) is 26.4 Å². The molecule has 4 nitrogen and oxygen atoms in total. The Balaban J connectivity index is 1.95. The van der Waals surface area contributed by atoms with E-state index in [0.29, 0.717) is 6.04 Å². The highest BCUT2D eigenvalue weighted by molar-refractivity contribution is 5.36. The van der Waals surface area contributed by atoms with Crippen molar-refractivity contribution >= 4 is 5.82 Å². The van der Waals surface area contributed by atoms with Crippen LogP contribution in [-0.2, 0) is 6.42 Å². The molecule has 2 heterocycles. The summed E-state index contributed by atoms with van der Waals surface area (Å²) in [7, 11) is 2.16. The third-order valence-corrected chi connectivity index (χ3v) is 2.97. The molecule has 0 saturated carbocycles. The fourth-order valence-electron chi connectivity index (χ4n) is 2.13. The van der Waals surface area contributed by atoms with Crippen molar-refractivity contribution < 1.29 is 0 Å². The van der Waals surface area contributed by atoms with E-state index in [1.165, 1.54) is 13.0 Å². The molecule has 0 bridgehead atoms. The van der Waals surface area contributed by atoms with E-state index in [0.717, 1.165) is 30.9 Å². The second-order valence-corrected chi connectivity index (χ2v) is 4.54. The van der Waals surface area contributed by atoms with E-state index < -0.39 is 0 Å². The summed E-state index contributed by atoms with van der Waals surface area (Å²) in [6.07, 6.45) is 5.01. The van der Waals surface area contributed by atoms with Gasteiger partial charge in [-0.3, -0.25) is 0 Å². The Labute approximate surface area is 97.1 Å². The SMILES string of the molecule is CCCc1cc(NC2CCN(C)C2)ncn1. The number of hydrogen-bond acceptors (Lipinski definition) is 4. The molecule has 1 unspecified atom stereocenters. The number of nitrogens with one attached hydrogen (secondary N) is 1. The highest BCUT2D eigenvalue weighted by Gasteiger charge is 2.19. The molecule has 0 radical (unpaired) electrons. The van der Waals surface area contributed by atoms with Crippen LogP contribution in [0.3, 0.4) is 0 Å². The molecule has 88 valence electrons. The van der Waals surface area contributed by atoms with Crippen molar-refractivity contribution in [2.24, 2.45) is 0 Å². The van der Waals surface area contributed by atoms with Crippen molar-refractivity contribution in [3.8, 4) is 0 Å². The first-order chi connectivity index (χ1) is 7.78. The molecular weight excluding hydrogens is 200 g/mol. The molecule has 1 aliphatic heterocycles. The highest BCUT2D eigenvalue weighted by Crippen LogP contribution is 2.13. The maximum Gasteiger partial charge on any atom is 0.129 e. The molecule has 1 aliphatic rings. The zero-order valence-electron chi connectivity index (χ0n) is 10.1. The maximum atomic E-state index is 4.27. The molecule has 16 heavy (non-hydrogen) atoms. The number of nitrogens with zero attached hydrogens (tertiary/aromatic N) is 3. The molecule has 0 aliphatic carbocycles. The number of anilines is 1. The third-order valence-electron chi connectivity index (χ3n) is 2.97. The molecule has 4 heteroatoms. The predicted octanol–water partition coefficient (Wildman–Crippen LogP) is 1.55. The minimum absolute atomic E-state index is 0.536. The van der Waals surface area contributed by atoms with Crippen LogP contribution in [0.25, 0.3) is 0 Å². The Kier molecular flexibility index (Phi) is 3.72. The standard InChI is InChI=1S/C12H20N4/c1-3-4-10-7-12(14-9-13-10)15-11-5-6-16(2)8-11/h7,9,11H,3-6,8H2,1-2H3,(H,13,14,15). The van der Waals surface area contributed by atoms with Crippen molar-refractivity contribution in [3.63, 3.8) is 0 Å². The summed E-state index contributed by atoms with van der Waals surface area (Å²) in [6, 6.07) is 2.61. The smallest absolute Gasteiger partial charge is 0.129 e. The average Bonchev–Trinajstić information content (AvgIpc) is 2.65. The largest absolute Gasteiger partial charge is 0.366 e. The Morgan fingerprint density at radius 1 is 1.50 bits per heavy atom. The number of aryl methyl sites for hydroxylation is 1. The summed E-state index contributed by atoms with van der Waals surface area (Å²) in [5.41, 5.74) is 1.13. The van der Waals surface area contributed by atoms with Crippen molar-refractivity contribution in [1.82, 2.24) is 14.9 Å². The van der Waals surface area contributed by atoms with Gasteiger partial charge in [-0.25, -0.2) is 9.97 Å². The number of hydrogen-bond donors (Lipinski definition) is 1. The number of rotatable bonds is 4. The van der Waals surface area contributed by atoms with Gasteiger partial charge in [-0.15, -0.1) is 0 Å². The molecule has 1 fully saturated rings. The quantitative estimate of drug-likeness (QED) is 0.835. The summed E-state index contributed by atoms with van der Waals surface area (Å²) in [5.74, 6) is 0.971. The van der Waals surface area contributed by atoms with E-state index in [9.17, 15) is 0 Å². The van der Waals surface area contributed by atoms with Crippen LogP contribution in [0.5, 0.6) is 0 Å². The Morgan fingerprint density at radius 2 is 2.38 bits per heavy atom. The van der Waals surface area contributed by atoms with Gasteiger partial charge in [0.1, 0.15) is 12.1 Å². The monoisotopic (exact) mass is 220 g/mol. The third kappa shape index (κ3) is 2.92. The van der Waals surface area contributed by atoms with Crippen LogP contribution in [0.2, 0.25) is 0 Å². The molecule has 2 rings (SSSR count). The van der Waals surface area contributed by atoms with Crippen LogP contribution < -0.4 is 5.32 Å². The lowest BCUT2D eigenvalue weighted by molar-refractivity contribution is 0.414. The number of likely N-dealkylation sites (tertiary alicyclic amines) is 1. The fourth-order valence-corrected chi connectivity index (χ4v) is 2.13. The van der Waals surface area contributed by atoms with Gasteiger partial charge in [0, 0.05) is 24.3 Å². The zero-order valence-corrected chi connectivity index (χ0v) is 10.1.